The van der Waals surface area contributed by atoms with Gasteiger partial charge in [-0.3, -0.25) is 14.4 Å². The molecule has 38 heavy (non-hydrogen) atoms. The van der Waals surface area contributed by atoms with Gasteiger partial charge in [0.15, 0.2) is 5.78 Å². The highest BCUT2D eigenvalue weighted by molar-refractivity contribution is 5.99. The number of nitrogens with one attached hydrogen (secondary N) is 1. The lowest BCUT2D eigenvalue weighted by Gasteiger charge is -2.34. The van der Waals surface area contributed by atoms with Crippen molar-refractivity contribution in [1.82, 2.24) is 15.1 Å². The summed E-state index contributed by atoms with van der Waals surface area (Å²) in [6, 6.07) is 7.00. The van der Waals surface area contributed by atoms with E-state index in [-0.39, 0.29) is 42.3 Å². The molecule has 1 unspecified atom stereocenters. The molecule has 210 valence electrons. The van der Waals surface area contributed by atoms with Crippen LogP contribution < -0.4 is 5.32 Å². The molecule has 4 rings (SSSR count). The number of hydrogen-bond acceptors (Lipinski definition) is 6. The van der Waals surface area contributed by atoms with Crippen LogP contribution in [0.1, 0.15) is 82.6 Å². The van der Waals surface area contributed by atoms with Gasteiger partial charge in [0.1, 0.15) is 30.9 Å². The fourth-order valence-corrected chi connectivity index (χ4v) is 6.11. The number of fused-ring (bicyclic) bond motifs is 1. The molecule has 0 bridgehead atoms. The number of rotatable bonds is 8. The van der Waals surface area contributed by atoms with E-state index in [9.17, 15) is 14.4 Å². The second-order valence-corrected chi connectivity index (χ2v) is 12.5. The van der Waals surface area contributed by atoms with Crippen LogP contribution in [0.3, 0.4) is 0 Å². The summed E-state index contributed by atoms with van der Waals surface area (Å²) in [4.78, 5) is 43.8. The molecule has 2 amide bonds. The summed E-state index contributed by atoms with van der Waals surface area (Å²) in [6.45, 7) is 15.4. The van der Waals surface area contributed by atoms with Crippen LogP contribution in [0.5, 0.6) is 0 Å². The minimum absolute atomic E-state index is 0.0121. The third-order valence-corrected chi connectivity index (χ3v) is 8.13. The molecule has 0 radical (unpaired) electrons. The number of likely N-dealkylation sites (tertiary alicyclic amines) is 2. The number of Topliss-reactive ketones (excluding diaryl/α,β-unsaturated/α-hetero) is 1. The molecule has 3 aliphatic rings. The van der Waals surface area contributed by atoms with Crippen molar-refractivity contribution in [2.45, 2.75) is 97.1 Å². The minimum Gasteiger partial charge on any atom is -0.374 e. The third-order valence-electron chi connectivity index (χ3n) is 8.13. The van der Waals surface area contributed by atoms with Gasteiger partial charge in [0.25, 0.3) is 5.91 Å². The van der Waals surface area contributed by atoms with Crippen LogP contribution in [0.4, 0.5) is 0 Å². The van der Waals surface area contributed by atoms with E-state index in [1.807, 2.05) is 39.8 Å². The number of ether oxygens (including phenoxy) is 2. The Morgan fingerprint density at radius 3 is 2.37 bits per heavy atom. The van der Waals surface area contributed by atoms with E-state index in [2.05, 4.69) is 36.2 Å². The Kier molecular flexibility index (Phi) is 8.95. The van der Waals surface area contributed by atoms with Crippen LogP contribution in [0, 0.1) is 5.41 Å². The van der Waals surface area contributed by atoms with Crippen LogP contribution in [-0.2, 0) is 19.1 Å². The number of carbonyl (C=O) groups excluding carboxylic acids is 3. The molecule has 3 saturated heterocycles. The Labute approximate surface area is 227 Å². The third kappa shape index (κ3) is 6.46. The Bertz CT molecular complexity index is 994. The highest BCUT2D eigenvalue weighted by atomic mass is 16.6. The number of piperidine rings is 1. The highest BCUT2D eigenvalue weighted by Crippen LogP contribution is 2.32. The number of nitrogens with zero attached hydrogens (tertiary/aromatic N) is 2. The van der Waals surface area contributed by atoms with Crippen molar-refractivity contribution in [3.05, 3.63) is 35.4 Å². The van der Waals surface area contributed by atoms with Gasteiger partial charge in [0, 0.05) is 18.2 Å². The van der Waals surface area contributed by atoms with E-state index < -0.39 is 18.2 Å². The molecule has 0 saturated carbocycles. The topological polar surface area (TPSA) is 88.2 Å². The van der Waals surface area contributed by atoms with Crippen molar-refractivity contribution < 1.29 is 23.9 Å². The van der Waals surface area contributed by atoms with Gasteiger partial charge >= 0.3 is 0 Å². The van der Waals surface area contributed by atoms with E-state index in [4.69, 9.17) is 9.47 Å². The highest BCUT2D eigenvalue weighted by Gasteiger charge is 2.53. The molecular weight excluding hydrogens is 482 g/mol. The Morgan fingerprint density at radius 1 is 1.13 bits per heavy atom. The molecule has 8 heteroatoms. The average molecular weight is 528 g/mol. The maximum atomic E-state index is 13.8. The van der Waals surface area contributed by atoms with Gasteiger partial charge in [-0.1, -0.05) is 32.9 Å². The number of amides is 2. The molecule has 3 heterocycles. The number of benzene rings is 1. The Hall–Kier alpha value is -2.29. The molecule has 0 aliphatic carbocycles. The molecule has 4 atom stereocenters. The Morgan fingerprint density at radius 2 is 1.79 bits per heavy atom. The van der Waals surface area contributed by atoms with Crippen LogP contribution >= 0.6 is 0 Å². The SMILES string of the molecule is CCO[C@H]1CN(C(=O)C(CC(C)(C)C)NC(=O)c2ccc(C3CCN(C(C)C)CC3)cc2)[C@@H]2C(=O)CO[C@H]12. The first kappa shape index (κ1) is 28.7. The minimum atomic E-state index is -0.753. The summed E-state index contributed by atoms with van der Waals surface area (Å²) in [5, 5.41) is 3.00. The van der Waals surface area contributed by atoms with Crippen LogP contribution in [0.25, 0.3) is 0 Å². The molecule has 8 nitrogen and oxygen atoms in total. The van der Waals surface area contributed by atoms with Gasteiger partial charge in [-0.15, -0.1) is 0 Å². The van der Waals surface area contributed by atoms with Crippen LogP contribution in [-0.4, -0.2) is 90.6 Å². The normalized spacial score (nSPS) is 25.6. The molecule has 1 aromatic carbocycles. The zero-order valence-corrected chi connectivity index (χ0v) is 23.9. The van der Waals surface area contributed by atoms with Gasteiger partial charge in [-0.05, 0) is 82.2 Å². The van der Waals surface area contributed by atoms with Crippen molar-refractivity contribution >= 4 is 17.6 Å². The molecule has 1 N–H and O–H groups in total. The lowest BCUT2D eigenvalue weighted by molar-refractivity contribution is -0.139. The zero-order chi connectivity index (χ0) is 27.6. The molecule has 1 aromatic rings. The molecule has 0 spiro atoms. The van der Waals surface area contributed by atoms with Crippen molar-refractivity contribution in [2.75, 3.05) is 32.8 Å². The largest absolute Gasteiger partial charge is 0.374 e. The van der Waals surface area contributed by atoms with E-state index >= 15 is 0 Å². The summed E-state index contributed by atoms with van der Waals surface area (Å²) < 4.78 is 11.5. The fourth-order valence-electron chi connectivity index (χ4n) is 6.11. The van der Waals surface area contributed by atoms with Crippen LogP contribution in [0.15, 0.2) is 24.3 Å². The van der Waals surface area contributed by atoms with Crippen molar-refractivity contribution in [3.63, 3.8) is 0 Å². The first-order valence-electron chi connectivity index (χ1n) is 14.2. The maximum Gasteiger partial charge on any atom is 0.251 e. The van der Waals surface area contributed by atoms with E-state index in [0.717, 1.165) is 25.9 Å². The summed E-state index contributed by atoms with van der Waals surface area (Å²) in [6.07, 6.45) is 1.90. The predicted octanol–water partition coefficient (Wildman–Crippen LogP) is 3.39. The number of carbonyl (C=O) groups is 3. The van der Waals surface area contributed by atoms with Gasteiger partial charge in [0.05, 0.1) is 6.54 Å². The average Bonchev–Trinajstić information content (AvgIpc) is 3.43. The summed E-state index contributed by atoms with van der Waals surface area (Å²) >= 11 is 0. The molecular formula is C30H45N3O5. The number of ketones is 1. The Balaban J connectivity index is 1.45. The smallest absolute Gasteiger partial charge is 0.251 e. The predicted molar refractivity (Wildman–Crippen MR) is 146 cm³/mol. The zero-order valence-electron chi connectivity index (χ0n) is 23.9. The van der Waals surface area contributed by atoms with Gasteiger partial charge in [-0.2, -0.15) is 0 Å². The fraction of sp³-hybridized carbons (Fsp3) is 0.700. The lowest BCUT2D eigenvalue weighted by Crippen LogP contribution is -2.53. The molecule has 0 aromatic heterocycles. The quantitative estimate of drug-likeness (QED) is 0.558. The summed E-state index contributed by atoms with van der Waals surface area (Å²) in [5.74, 6) is -0.135. The second-order valence-electron chi connectivity index (χ2n) is 12.5. The first-order valence-corrected chi connectivity index (χ1v) is 14.2. The van der Waals surface area contributed by atoms with E-state index in [1.165, 1.54) is 5.56 Å². The number of hydrogen-bond donors (Lipinski definition) is 1. The van der Waals surface area contributed by atoms with E-state index in [0.29, 0.717) is 30.6 Å². The van der Waals surface area contributed by atoms with E-state index in [1.54, 1.807) is 4.90 Å². The standard InChI is InChI=1S/C30H45N3O5/c1-7-37-25-17-33(26-24(34)18-38-27(25)26)29(36)23(16-30(4,5)6)31-28(35)22-10-8-20(9-11-22)21-12-14-32(15-13-21)19(2)3/h8-11,19,21,23,25-27H,7,12-18H2,1-6H3,(H,31,35)/t23?,25-,26+,27+/m0/s1. The van der Waals surface area contributed by atoms with Gasteiger partial charge in [-0.25, -0.2) is 0 Å². The second kappa shape index (κ2) is 11.8. The molecule has 3 fully saturated rings. The van der Waals surface area contributed by atoms with Gasteiger partial charge < -0.3 is 24.6 Å². The maximum absolute atomic E-state index is 13.8. The summed E-state index contributed by atoms with van der Waals surface area (Å²) in [5.41, 5.74) is 1.58. The van der Waals surface area contributed by atoms with Crippen molar-refractivity contribution in [3.8, 4) is 0 Å². The first-order chi connectivity index (χ1) is 18.0. The monoisotopic (exact) mass is 527 g/mol. The lowest BCUT2D eigenvalue weighted by atomic mass is 9.87. The summed E-state index contributed by atoms with van der Waals surface area (Å²) in [7, 11) is 0. The molecule has 3 aliphatic heterocycles. The van der Waals surface area contributed by atoms with Crippen molar-refractivity contribution in [2.24, 2.45) is 5.41 Å². The van der Waals surface area contributed by atoms with Gasteiger partial charge in [0.2, 0.25) is 5.91 Å². The van der Waals surface area contributed by atoms with Crippen LogP contribution in [0.2, 0.25) is 0 Å². The van der Waals surface area contributed by atoms with Crippen molar-refractivity contribution in [1.29, 1.82) is 0 Å².